The second kappa shape index (κ2) is 5.87. The number of carbonyl (C=O) groups is 1. The van der Waals surface area contributed by atoms with Gasteiger partial charge in [-0.3, -0.25) is 4.79 Å². The molecule has 1 aliphatic heterocycles. The molecule has 0 unspecified atom stereocenters. The summed E-state index contributed by atoms with van der Waals surface area (Å²) in [6.07, 6.45) is 0.701. The molecule has 114 valence electrons. The third kappa shape index (κ3) is 2.58. The van der Waals surface area contributed by atoms with Crippen molar-refractivity contribution < 1.29 is 4.79 Å². The Kier molecular flexibility index (Phi) is 3.71. The van der Waals surface area contributed by atoms with Crippen LogP contribution >= 0.6 is 23.1 Å². The van der Waals surface area contributed by atoms with Crippen molar-refractivity contribution in [1.82, 2.24) is 0 Å². The van der Waals surface area contributed by atoms with Crippen molar-refractivity contribution in [3.63, 3.8) is 0 Å². The molecule has 0 radical (unpaired) electrons. The summed E-state index contributed by atoms with van der Waals surface area (Å²) in [6.45, 7) is 0. The Labute approximate surface area is 143 Å². The third-order valence-electron chi connectivity index (χ3n) is 4.02. The lowest BCUT2D eigenvalue weighted by Gasteiger charge is -2.26. The number of anilines is 1. The molecule has 1 N–H and O–H groups in total. The van der Waals surface area contributed by atoms with E-state index >= 15 is 0 Å². The zero-order chi connectivity index (χ0) is 15.7. The number of benzene rings is 2. The molecule has 4 heteroatoms. The van der Waals surface area contributed by atoms with Crippen LogP contribution in [0.25, 0.3) is 0 Å². The van der Waals surface area contributed by atoms with Gasteiger partial charge in [-0.2, -0.15) is 0 Å². The highest BCUT2D eigenvalue weighted by Gasteiger charge is 2.47. The van der Waals surface area contributed by atoms with Crippen LogP contribution in [0.2, 0.25) is 0 Å². The predicted octanol–water partition coefficient (Wildman–Crippen LogP) is 4.93. The van der Waals surface area contributed by atoms with Crippen LogP contribution in [-0.2, 0) is 16.0 Å². The zero-order valence-electron chi connectivity index (χ0n) is 12.4. The molecule has 3 aromatic rings. The lowest BCUT2D eigenvalue weighted by Crippen LogP contribution is -2.33. The first-order valence-corrected chi connectivity index (χ1v) is 9.15. The SMILES string of the molecule is O=C1Nc2ccccc2[C@@]1(Cc1cccs1)Sc1ccccc1. The summed E-state index contributed by atoms with van der Waals surface area (Å²) in [7, 11) is 0. The highest BCUT2D eigenvalue weighted by Crippen LogP contribution is 2.51. The Morgan fingerprint density at radius 3 is 2.52 bits per heavy atom. The van der Waals surface area contributed by atoms with Crippen LogP contribution in [0.3, 0.4) is 0 Å². The van der Waals surface area contributed by atoms with Gasteiger partial charge in [0.2, 0.25) is 5.91 Å². The number of rotatable bonds is 4. The van der Waals surface area contributed by atoms with Crippen molar-refractivity contribution in [1.29, 1.82) is 0 Å². The highest BCUT2D eigenvalue weighted by atomic mass is 32.2. The lowest BCUT2D eigenvalue weighted by atomic mass is 9.95. The smallest absolute Gasteiger partial charge is 0.245 e. The first-order chi connectivity index (χ1) is 11.3. The topological polar surface area (TPSA) is 29.1 Å². The molecule has 2 nitrogen and oxygen atoms in total. The molecule has 0 bridgehead atoms. The highest BCUT2D eigenvalue weighted by molar-refractivity contribution is 8.01. The Morgan fingerprint density at radius 2 is 1.74 bits per heavy atom. The van der Waals surface area contributed by atoms with Gasteiger partial charge in [-0.05, 0) is 29.6 Å². The van der Waals surface area contributed by atoms with Gasteiger partial charge in [0, 0.05) is 27.4 Å². The van der Waals surface area contributed by atoms with Gasteiger partial charge in [-0.1, -0.05) is 42.5 Å². The van der Waals surface area contributed by atoms with E-state index in [0.717, 1.165) is 16.1 Å². The van der Waals surface area contributed by atoms with E-state index in [9.17, 15) is 4.79 Å². The second-order valence-electron chi connectivity index (χ2n) is 5.50. The maximum Gasteiger partial charge on any atom is 0.245 e. The van der Waals surface area contributed by atoms with Gasteiger partial charge in [0.1, 0.15) is 4.75 Å². The molecule has 1 aromatic heterocycles. The van der Waals surface area contributed by atoms with E-state index in [1.165, 1.54) is 4.88 Å². The second-order valence-corrected chi connectivity index (χ2v) is 7.90. The molecule has 23 heavy (non-hydrogen) atoms. The van der Waals surface area contributed by atoms with E-state index in [4.69, 9.17) is 0 Å². The Balaban J connectivity index is 1.82. The van der Waals surface area contributed by atoms with Crippen molar-refractivity contribution in [2.45, 2.75) is 16.1 Å². The van der Waals surface area contributed by atoms with Crippen LogP contribution in [0.5, 0.6) is 0 Å². The fourth-order valence-corrected chi connectivity index (χ4v) is 5.19. The molecule has 4 rings (SSSR count). The van der Waals surface area contributed by atoms with Crippen molar-refractivity contribution >= 4 is 34.7 Å². The number of thioether (sulfide) groups is 1. The van der Waals surface area contributed by atoms with Gasteiger partial charge < -0.3 is 5.32 Å². The maximum absolute atomic E-state index is 13.0. The third-order valence-corrected chi connectivity index (χ3v) is 6.30. The molecule has 2 aromatic carbocycles. The van der Waals surface area contributed by atoms with Crippen LogP contribution in [0.15, 0.2) is 77.0 Å². The van der Waals surface area contributed by atoms with E-state index in [-0.39, 0.29) is 5.91 Å². The van der Waals surface area contributed by atoms with Gasteiger partial charge >= 0.3 is 0 Å². The molecule has 0 saturated carbocycles. The van der Waals surface area contributed by atoms with Crippen LogP contribution in [0.1, 0.15) is 10.4 Å². The Bertz CT molecular complexity index is 830. The van der Waals surface area contributed by atoms with Crippen molar-refractivity contribution in [3.05, 3.63) is 82.6 Å². The quantitative estimate of drug-likeness (QED) is 0.731. The lowest BCUT2D eigenvalue weighted by molar-refractivity contribution is -0.118. The number of nitrogens with one attached hydrogen (secondary N) is 1. The summed E-state index contributed by atoms with van der Waals surface area (Å²) in [5.74, 6) is 0.0703. The van der Waals surface area contributed by atoms with Crippen molar-refractivity contribution in [2.24, 2.45) is 0 Å². The van der Waals surface area contributed by atoms with Crippen LogP contribution in [0.4, 0.5) is 5.69 Å². The number of thiophene rings is 1. The Hall–Kier alpha value is -2.04. The van der Waals surface area contributed by atoms with E-state index in [0.29, 0.717) is 6.42 Å². The molecule has 0 saturated heterocycles. The van der Waals surface area contributed by atoms with Crippen molar-refractivity contribution in [3.8, 4) is 0 Å². The summed E-state index contributed by atoms with van der Waals surface area (Å²) in [5, 5.41) is 5.13. The van der Waals surface area contributed by atoms with Crippen LogP contribution in [0, 0.1) is 0 Å². The number of carbonyl (C=O) groups excluding carboxylic acids is 1. The van der Waals surface area contributed by atoms with Gasteiger partial charge in [0.15, 0.2) is 0 Å². The fraction of sp³-hybridized carbons (Fsp3) is 0.105. The molecule has 1 atom stereocenters. The van der Waals surface area contributed by atoms with Crippen LogP contribution < -0.4 is 5.32 Å². The molecule has 0 spiro atoms. The van der Waals surface area contributed by atoms with Gasteiger partial charge in [-0.25, -0.2) is 0 Å². The van der Waals surface area contributed by atoms with E-state index in [1.54, 1.807) is 23.1 Å². The average molecular weight is 337 g/mol. The zero-order valence-corrected chi connectivity index (χ0v) is 14.0. The van der Waals surface area contributed by atoms with Crippen molar-refractivity contribution in [2.75, 3.05) is 5.32 Å². The average Bonchev–Trinajstić information content (AvgIpc) is 3.17. The molecule has 1 aliphatic rings. The number of para-hydroxylation sites is 1. The predicted molar refractivity (Wildman–Crippen MR) is 97.1 cm³/mol. The van der Waals surface area contributed by atoms with Gasteiger partial charge in [0.05, 0.1) is 0 Å². The van der Waals surface area contributed by atoms with E-state index in [1.807, 2.05) is 42.5 Å². The minimum atomic E-state index is -0.608. The molecule has 2 heterocycles. The minimum Gasteiger partial charge on any atom is -0.324 e. The Morgan fingerprint density at radius 1 is 0.957 bits per heavy atom. The molecule has 0 aliphatic carbocycles. The number of hydrogen-bond acceptors (Lipinski definition) is 3. The summed E-state index contributed by atoms with van der Waals surface area (Å²) in [4.78, 5) is 15.3. The monoisotopic (exact) mass is 337 g/mol. The first kappa shape index (κ1) is 14.5. The number of amides is 1. The molecular weight excluding hydrogens is 322 g/mol. The normalized spacial score (nSPS) is 19.4. The summed E-state index contributed by atoms with van der Waals surface area (Å²) in [5.41, 5.74) is 2.00. The fourth-order valence-electron chi connectivity index (χ4n) is 2.95. The largest absolute Gasteiger partial charge is 0.324 e. The first-order valence-electron chi connectivity index (χ1n) is 7.45. The molecule has 0 fully saturated rings. The molecule has 1 amide bonds. The summed E-state index contributed by atoms with van der Waals surface area (Å²) >= 11 is 3.34. The summed E-state index contributed by atoms with van der Waals surface area (Å²) < 4.78 is -0.608. The van der Waals surface area contributed by atoms with E-state index < -0.39 is 4.75 Å². The number of hydrogen-bond donors (Lipinski definition) is 1. The number of fused-ring (bicyclic) bond motifs is 1. The maximum atomic E-state index is 13.0. The van der Waals surface area contributed by atoms with E-state index in [2.05, 4.69) is 35.0 Å². The minimum absolute atomic E-state index is 0.0703. The van der Waals surface area contributed by atoms with Crippen LogP contribution in [-0.4, -0.2) is 5.91 Å². The summed E-state index contributed by atoms with van der Waals surface area (Å²) in [6, 6.07) is 22.3. The standard InChI is InChI=1S/C19H15NOS2/c21-18-19(13-15-9-6-12-22-15,23-14-7-2-1-3-8-14)16-10-4-5-11-17(16)20-18/h1-12H,13H2,(H,20,21)/t19-/m1/s1. The van der Waals surface area contributed by atoms with Gasteiger partial charge in [-0.15, -0.1) is 23.1 Å². The molecular formula is C19H15NOS2. The van der Waals surface area contributed by atoms with Gasteiger partial charge in [0.25, 0.3) is 0 Å².